The molecule has 0 fully saturated rings. The lowest BCUT2D eigenvalue weighted by Gasteiger charge is -2.10. The molecule has 0 aliphatic carbocycles. The Morgan fingerprint density at radius 1 is 1.35 bits per heavy atom. The molecular formula is C14H14N2O4. The minimum Gasteiger partial charge on any atom is -0.477 e. The fraction of sp³-hybridized carbons (Fsp3) is 0.214. The third kappa shape index (κ3) is 2.40. The van der Waals surface area contributed by atoms with Crippen molar-refractivity contribution in [2.45, 2.75) is 20.4 Å². The topological polar surface area (TPSA) is 85.4 Å². The van der Waals surface area contributed by atoms with E-state index in [0.717, 1.165) is 5.56 Å². The summed E-state index contributed by atoms with van der Waals surface area (Å²) in [6.45, 7) is 3.69. The van der Waals surface area contributed by atoms with E-state index in [1.165, 1.54) is 6.07 Å². The molecule has 0 radical (unpaired) electrons. The van der Waals surface area contributed by atoms with E-state index in [9.17, 15) is 20.0 Å². The van der Waals surface area contributed by atoms with Crippen LogP contribution in [0.3, 0.4) is 0 Å². The van der Waals surface area contributed by atoms with Gasteiger partial charge in [-0.2, -0.15) is 0 Å². The zero-order valence-electron chi connectivity index (χ0n) is 11.2. The monoisotopic (exact) mass is 274 g/mol. The van der Waals surface area contributed by atoms with E-state index in [4.69, 9.17) is 0 Å². The Hall–Kier alpha value is -2.63. The zero-order valence-corrected chi connectivity index (χ0v) is 11.2. The number of carbonyl (C=O) groups is 1. The first kappa shape index (κ1) is 13.8. The molecule has 0 spiro atoms. The summed E-state index contributed by atoms with van der Waals surface area (Å²) < 4.78 is 1.59. The number of aromatic carboxylic acids is 1. The SMILES string of the molecule is Cc1ccn(Cc2cccc([N+](=O)[O-])c2C)c1C(=O)O. The van der Waals surface area contributed by atoms with Crippen molar-refractivity contribution in [3.05, 3.63) is 63.0 Å². The van der Waals surface area contributed by atoms with Crippen LogP contribution >= 0.6 is 0 Å². The van der Waals surface area contributed by atoms with Crippen LogP contribution < -0.4 is 0 Å². The fourth-order valence-corrected chi connectivity index (χ4v) is 2.23. The summed E-state index contributed by atoms with van der Waals surface area (Å²) in [7, 11) is 0. The van der Waals surface area contributed by atoms with Crippen LogP contribution in [0.1, 0.15) is 27.2 Å². The summed E-state index contributed by atoms with van der Waals surface area (Å²) in [5.41, 5.74) is 2.21. The summed E-state index contributed by atoms with van der Waals surface area (Å²) >= 11 is 0. The van der Waals surface area contributed by atoms with Crippen LogP contribution in [0.4, 0.5) is 5.69 Å². The van der Waals surface area contributed by atoms with Crippen molar-refractivity contribution in [1.82, 2.24) is 4.57 Å². The van der Waals surface area contributed by atoms with Crippen LogP contribution in [-0.2, 0) is 6.54 Å². The van der Waals surface area contributed by atoms with Gasteiger partial charge in [-0.1, -0.05) is 12.1 Å². The molecule has 0 saturated carbocycles. The predicted molar refractivity (Wildman–Crippen MR) is 73.1 cm³/mol. The van der Waals surface area contributed by atoms with Crippen molar-refractivity contribution in [2.24, 2.45) is 0 Å². The Morgan fingerprint density at radius 3 is 2.65 bits per heavy atom. The average molecular weight is 274 g/mol. The van der Waals surface area contributed by atoms with Gasteiger partial charge in [-0.3, -0.25) is 10.1 Å². The van der Waals surface area contributed by atoms with Gasteiger partial charge in [0.25, 0.3) is 5.69 Å². The standard InChI is InChI=1S/C14H14N2O4/c1-9-6-7-15(13(9)14(17)18)8-11-4-3-5-12(10(11)2)16(19)20/h3-7H,8H2,1-2H3,(H,17,18). The van der Waals surface area contributed by atoms with Crippen LogP contribution in [0.5, 0.6) is 0 Å². The Labute approximate surface area is 115 Å². The lowest BCUT2D eigenvalue weighted by atomic mass is 10.1. The van der Waals surface area contributed by atoms with Crippen LogP contribution in [-0.4, -0.2) is 20.6 Å². The van der Waals surface area contributed by atoms with Crippen molar-refractivity contribution >= 4 is 11.7 Å². The van der Waals surface area contributed by atoms with Gasteiger partial charge < -0.3 is 9.67 Å². The van der Waals surface area contributed by atoms with Crippen molar-refractivity contribution in [3.63, 3.8) is 0 Å². The van der Waals surface area contributed by atoms with E-state index in [2.05, 4.69) is 0 Å². The first-order chi connectivity index (χ1) is 9.41. The molecule has 0 saturated heterocycles. The van der Waals surface area contributed by atoms with Gasteiger partial charge in [-0.25, -0.2) is 4.79 Å². The van der Waals surface area contributed by atoms with Crippen molar-refractivity contribution in [2.75, 3.05) is 0 Å². The average Bonchev–Trinajstić information content (AvgIpc) is 2.72. The molecule has 104 valence electrons. The second-order valence-corrected chi connectivity index (χ2v) is 4.60. The largest absolute Gasteiger partial charge is 0.477 e. The number of nitro benzene ring substituents is 1. The highest BCUT2D eigenvalue weighted by atomic mass is 16.6. The number of carboxylic acid groups (broad SMARTS) is 1. The second kappa shape index (κ2) is 5.16. The maximum Gasteiger partial charge on any atom is 0.352 e. The molecule has 1 N–H and O–H groups in total. The number of benzene rings is 1. The molecule has 2 rings (SSSR count). The maximum atomic E-state index is 11.2. The predicted octanol–water partition coefficient (Wildman–Crippen LogP) is 2.76. The molecule has 6 heteroatoms. The highest BCUT2D eigenvalue weighted by Gasteiger charge is 2.17. The highest BCUT2D eigenvalue weighted by Crippen LogP contribution is 2.23. The van der Waals surface area contributed by atoms with Gasteiger partial charge in [0.15, 0.2) is 0 Å². The summed E-state index contributed by atoms with van der Waals surface area (Å²) in [5, 5.41) is 20.1. The smallest absolute Gasteiger partial charge is 0.352 e. The Morgan fingerprint density at radius 2 is 2.05 bits per heavy atom. The van der Waals surface area contributed by atoms with Gasteiger partial charge in [0.1, 0.15) is 5.69 Å². The van der Waals surface area contributed by atoms with Crippen LogP contribution in [0.15, 0.2) is 30.5 Å². The van der Waals surface area contributed by atoms with E-state index in [0.29, 0.717) is 17.7 Å². The van der Waals surface area contributed by atoms with Crippen LogP contribution in [0.25, 0.3) is 0 Å². The van der Waals surface area contributed by atoms with Gasteiger partial charge in [0.2, 0.25) is 0 Å². The Kier molecular flexibility index (Phi) is 3.56. The number of carboxylic acids is 1. The third-order valence-electron chi connectivity index (χ3n) is 3.32. The van der Waals surface area contributed by atoms with Gasteiger partial charge >= 0.3 is 5.97 Å². The highest BCUT2D eigenvalue weighted by molar-refractivity contribution is 5.87. The Bertz CT molecular complexity index is 688. The Balaban J connectivity index is 2.43. The molecule has 0 unspecified atom stereocenters. The lowest BCUT2D eigenvalue weighted by molar-refractivity contribution is -0.385. The summed E-state index contributed by atoms with van der Waals surface area (Å²) in [6.07, 6.45) is 1.68. The number of hydrogen-bond acceptors (Lipinski definition) is 3. The molecule has 0 aliphatic rings. The van der Waals surface area contributed by atoms with E-state index in [-0.39, 0.29) is 11.4 Å². The van der Waals surface area contributed by atoms with E-state index >= 15 is 0 Å². The van der Waals surface area contributed by atoms with Crippen molar-refractivity contribution < 1.29 is 14.8 Å². The minimum absolute atomic E-state index is 0.0447. The summed E-state index contributed by atoms with van der Waals surface area (Å²) in [4.78, 5) is 21.7. The normalized spacial score (nSPS) is 10.5. The first-order valence-electron chi connectivity index (χ1n) is 6.03. The van der Waals surface area contributed by atoms with E-state index < -0.39 is 10.9 Å². The van der Waals surface area contributed by atoms with Gasteiger partial charge in [0.05, 0.1) is 4.92 Å². The molecule has 6 nitrogen and oxygen atoms in total. The fourth-order valence-electron chi connectivity index (χ4n) is 2.23. The van der Waals surface area contributed by atoms with Crippen LogP contribution in [0.2, 0.25) is 0 Å². The number of hydrogen-bond donors (Lipinski definition) is 1. The van der Waals surface area contributed by atoms with Crippen molar-refractivity contribution in [1.29, 1.82) is 0 Å². The number of nitro groups is 1. The number of aryl methyl sites for hydroxylation is 1. The van der Waals surface area contributed by atoms with Gasteiger partial charge in [-0.15, -0.1) is 0 Å². The molecular weight excluding hydrogens is 260 g/mol. The number of nitrogens with zero attached hydrogens (tertiary/aromatic N) is 2. The van der Waals surface area contributed by atoms with E-state index in [1.54, 1.807) is 42.8 Å². The number of aromatic nitrogens is 1. The quantitative estimate of drug-likeness (QED) is 0.686. The molecule has 2 aromatic rings. The molecule has 1 heterocycles. The minimum atomic E-state index is -1.00. The molecule has 0 atom stereocenters. The van der Waals surface area contributed by atoms with Gasteiger partial charge in [0, 0.05) is 24.4 Å². The first-order valence-corrected chi connectivity index (χ1v) is 6.03. The lowest BCUT2D eigenvalue weighted by Crippen LogP contribution is -2.11. The molecule has 0 amide bonds. The molecule has 1 aromatic heterocycles. The molecule has 0 bridgehead atoms. The zero-order chi connectivity index (χ0) is 14.9. The van der Waals surface area contributed by atoms with Crippen molar-refractivity contribution in [3.8, 4) is 0 Å². The van der Waals surface area contributed by atoms with Crippen LogP contribution in [0, 0.1) is 24.0 Å². The molecule has 20 heavy (non-hydrogen) atoms. The summed E-state index contributed by atoms with van der Waals surface area (Å²) in [6, 6.07) is 6.54. The number of rotatable bonds is 4. The molecule has 1 aromatic carbocycles. The maximum absolute atomic E-state index is 11.2. The third-order valence-corrected chi connectivity index (χ3v) is 3.32. The summed E-state index contributed by atoms with van der Waals surface area (Å²) in [5.74, 6) is -1.00. The molecule has 0 aliphatic heterocycles. The van der Waals surface area contributed by atoms with Gasteiger partial charge in [-0.05, 0) is 31.0 Å². The second-order valence-electron chi connectivity index (χ2n) is 4.60. The van der Waals surface area contributed by atoms with E-state index in [1.807, 2.05) is 0 Å².